The number of carbonyl (C=O) groups excluding carboxylic acids is 1. The minimum atomic E-state index is -0.929. The number of carbonyl (C=O) groups is 2. The molecule has 0 saturated carbocycles. The van der Waals surface area contributed by atoms with Crippen LogP contribution in [0.4, 0.5) is 0 Å². The van der Waals surface area contributed by atoms with E-state index < -0.39 is 11.9 Å². The predicted molar refractivity (Wildman–Crippen MR) is 83.0 cm³/mol. The highest BCUT2D eigenvalue weighted by Crippen LogP contribution is 2.37. The standard InChI is InChI=1S/C15H18BrNO5/c1-3-22-14-11(16)4-9(5-12(14)21-2)7-17-8-10(15(19)20)6-13(17)18/h4-5,10H,3,6-8H2,1-2H3,(H,19,20)/t10-/m0/s1. The number of hydrogen-bond donors (Lipinski definition) is 1. The van der Waals surface area contributed by atoms with Crippen molar-refractivity contribution < 1.29 is 24.2 Å². The topological polar surface area (TPSA) is 76.1 Å². The lowest BCUT2D eigenvalue weighted by Gasteiger charge is -2.18. The van der Waals surface area contributed by atoms with Gasteiger partial charge in [0.15, 0.2) is 11.5 Å². The number of carboxylic acid groups (broad SMARTS) is 1. The Kier molecular flexibility index (Phi) is 5.28. The maximum atomic E-state index is 11.9. The zero-order valence-corrected chi connectivity index (χ0v) is 14.1. The van der Waals surface area contributed by atoms with Crippen molar-refractivity contribution in [1.29, 1.82) is 0 Å². The summed E-state index contributed by atoms with van der Waals surface area (Å²) in [6.45, 7) is 2.99. The summed E-state index contributed by atoms with van der Waals surface area (Å²) in [5.74, 6) is -0.504. The largest absolute Gasteiger partial charge is 0.493 e. The van der Waals surface area contributed by atoms with Crippen molar-refractivity contribution in [3.63, 3.8) is 0 Å². The molecule has 0 bridgehead atoms. The van der Waals surface area contributed by atoms with Crippen LogP contribution in [0.25, 0.3) is 0 Å². The Labute approximate surface area is 137 Å². The summed E-state index contributed by atoms with van der Waals surface area (Å²) >= 11 is 3.44. The Balaban J connectivity index is 2.18. The molecule has 2 rings (SSSR count). The molecule has 1 heterocycles. The van der Waals surface area contributed by atoms with Crippen LogP contribution in [0.5, 0.6) is 11.5 Å². The number of methoxy groups -OCH3 is 1. The van der Waals surface area contributed by atoms with Crippen LogP contribution >= 0.6 is 15.9 Å². The monoisotopic (exact) mass is 371 g/mol. The summed E-state index contributed by atoms with van der Waals surface area (Å²) in [7, 11) is 1.55. The molecule has 0 radical (unpaired) electrons. The Morgan fingerprint density at radius 2 is 2.23 bits per heavy atom. The minimum absolute atomic E-state index is 0.0602. The molecule has 0 spiro atoms. The van der Waals surface area contributed by atoms with E-state index in [4.69, 9.17) is 14.6 Å². The van der Waals surface area contributed by atoms with E-state index in [1.165, 1.54) is 0 Å². The van der Waals surface area contributed by atoms with Gasteiger partial charge in [0.25, 0.3) is 0 Å². The van der Waals surface area contributed by atoms with Gasteiger partial charge in [-0.25, -0.2) is 0 Å². The van der Waals surface area contributed by atoms with Gasteiger partial charge >= 0.3 is 5.97 Å². The number of ether oxygens (including phenoxy) is 2. The van der Waals surface area contributed by atoms with Crippen molar-refractivity contribution in [2.24, 2.45) is 5.92 Å². The van der Waals surface area contributed by atoms with Crippen LogP contribution in [0.1, 0.15) is 18.9 Å². The van der Waals surface area contributed by atoms with Crippen LogP contribution < -0.4 is 9.47 Å². The molecule has 22 heavy (non-hydrogen) atoms. The van der Waals surface area contributed by atoms with Crippen molar-refractivity contribution in [2.45, 2.75) is 19.9 Å². The molecule has 1 aromatic rings. The normalized spacial score (nSPS) is 17.7. The van der Waals surface area contributed by atoms with Crippen molar-refractivity contribution in [2.75, 3.05) is 20.3 Å². The summed E-state index contributed by atoms with van der Waals surface area (Å²) < 4.78 is 11.6. The van der Waals surface area contributed by atoms with Crippen molar-refractivity contribution in [3.05, 3.63) is 22.2 Å². The van der Waals surface area contributed by atoms with Gasteiger partial charge in [0.1, 0.15) is 0 Å². The first-order chi connectivity index (χ1) is 10.5. The highest BCUT2D eigenvalue weighted by molar-refractivity contribution is 9.10. The van der Waals surface area contributed by atoms with Crippen LogP contribution in [-0.4, -0.2) is 42.1 Å². The number of likely N-dealkylation sites (tertiary alicyclic amines) is 1. The first-order valence-electron chi connectivity index (χ1n) is 6.96. The number of aliphatic carboxylic acids is 1. The summed E-state index contributed by atoms with van der Waals surface area (Å²) in [6.07, 6.45) is 0.0602. The third kappa shape index (κ3) is 3.52. The fraction of sp³-hybridized carbons (Fsp3) is 0.467. The van der Waals surface area contributed by atoms with E-state index in [0.29, 0.717) is 24.7 Å². The second-order valence-electron chi connectivity index (χ2n) is 5.06. The van der Waals surface area contributed by atoms with Gasteiger partial charge < -0.3 is 19.5 Å². The number of carboxylic acids is 1. The van der Waals surface area contributed by atoms with E-state index in [2.05, 4.69) is 15.9 Å². The van der Waals surface area contributed by atoms with Crippen molar-refractivity contribution >= 4 is 27.8 Å². The predicted octanol–water partition coefficient (Wildman–Crippen LogP) is 2.29. The number of amides is 1. The number of halogens is 1. The van der Waals surface area contributed by atoms with Gasteiger partial charge in [-0.2, -0.15) is 0 Å². The van der Waals surface area contributed by atoms with Crippen LogP contribution in [0.2, 0.25) is 0 Å². The Morgan fingerprint density at radius 3 is 2.77 bits per heavy atom. The molecule has 1 saturated heterocycles. The summed E-state index contributed by atoms with van der Waals surface area (Å²) in [4.78, 5) is 24.4. The molecule has 120 valence electrons. The lowest BCUT2D eigenvalue weighted by Crippen LogP contribution is -2.25. The van der Waals surface area contributed by atoms with E-state index in [-0.39, 0.29) is 18.9 Å². The minimum Gasteiger partial charge on any atom is -0.493 e. The van der Waals surface area contributed by atoms with Crippen LogP contribution in [0.3, 0.4) is 0 Å². The van der Waals surface area contributed by atoms with E-state index in [0.717, 1.165) is 10.0 Å². The first-order valence-corrected chi connectivity index (χ1v) is 7.75. The van der Waals surface area contributed by atoms with Crippen molar-refractivity contribution in [3.8, 4) is 11.5 Å². The van der Waals surface area contributed by atoms with Gasteiger partial charge in [-0.1, -0.05) is 0 Å². The lowest BCUT2D eigenvalue weighted by molar-refractivity contribution is -0.141. The first kappa shape index (κ1) is 16.6. The second-order valence-corrected chi connectivity index (χ2v) is 5.91. The van der Waals surface area contributed by atoms with E-state index in [1.54, 1.807) is 18.1 Å². The molecule has 7 heteroatoms. The molecule has 6 nitrogen and oxygen atoms in total. The maximum absolute atomic E-state index is 11.9. The van der Waals surface area contributed by atoms with Crippen molar-refractivity contribution in [1.82, 2.24) is 4.90 Å². The Hall–Kier alpha value is -1.76. The van der Waals surface area contributed by atoms with E-state index in [1.807, 2.05) is 13.0 Å². The van der Waals surface area contributed by atoms with Crippen LogP contribution in [0, 0.1) is 5.92 Å². The van der Waals surface area contributed by atoms with Gasteiger partial charge in [-0.3, -0.25) is 9.59 Å². The Morgan fingerprint density at radius 1 is 1.50 bits per heavy atom. The summed E-state index contributed by atoms with van der Waals surface area (Å²) in [5, 5.41) is 9.01. The third-order valence-corrected chi connectivity index (χ3v) is 4.10. The van der Waals surface area contributed by atoms with Gasteiger partial charge in [-0.05, 0) is 40.5 Å². The molecule has 1 N–H and O–H groups in total. The molecule has 0 aromatic heterocycles. The molecule has 1 aliphatic heterocycles. The average molecular weight is 372 g/mol. The fourth-order valence-electron chi connectivity index (χ4n) is 2.46. The maximum Gasteiger partial charge on any atom is 0.308 e. The zero-order valence-electron chi connectivity index (χ0n) is 12.5. The van der Waals surface area contributed by atoms with Gasteiger partial charge in [0.05, 0.1) is 24.1 Å². The second kappa shape index (κ2) is 7.00. The molecular weight excluding hydrogens is 354 g/mol. The Bertz CT molecular complexity index is 590. The highest BCUT2D eigenvalue weighted by atomic mass is 79.9. The number of nitrogens with zero attached hydrogens (tertiary/aromatic N) is 1. The number of hydrogen-bond acceptors (Lipinski definition) is 4. The summed E-state index contributed by atoms with van der Waals surface area (Å²) in [5.41, 5.74) is 0.853. The molecule has 0 aliphatic carbocycles. The average Bonchev–Trinajstić information content (AvgIpc) is 2.83. The summed E-state index contributed by atoms with van der Waals surface area (Å²) in [6, 6.07) is 3.66. The molecule has 1 aliphatic rings. The molecule has 1 aromatic carbocycles. The molecule has 1 fully saturated rings. The smallest absolute Gasteiger partial charge is 0.308 e. The van der Waals surface area contributed by atoms with Gasteiger partial charge in [-0.15, -0.1) is 0 Å². The molecule has 1 amide bonds. The fourth-order valence-corrected chi connectivity index (χ4v) is 3.06. The number of rotatable bonds is 6. The van der Waals surface area contributed by atoms with Gasteiger partial charge in [0.2, 0.25) is 5.91 Å². The quantitative estimate of drug-likeness (QED) is 0.829. The molecule has 1 atom stereocenters. The van der Waals surface area contributed by atoms with Crippen LogP contribution in [0.15, 0.2) is 16.6 Å². The lowest BCUT2D eigenvalue weighted by atomic mass is 10.1. The third-order valence-electron chi connectivity index (χ3n) is 3.52. The van der Waals surface area contributed by atoms with Gasteiger partial charge in [0, 0.05) is 19.5 Å². The SMILES string of the molecule is CCOc1c(Br)cc(CN2C[C@@H](C(=O)O)CC2=O)cc1OC. The zero-order chi connectivity index (χ0) is 16.3. The van der Waals surface area contributed by atoms with E-state index >= 15 is 0 Å². The van der Waals surface area contributed by atoms with Crippen LogP contribution in [-0.2, 0) is 16.1 Å². The molecule has 0 unspecified atom stereocenters. The highest BCUT2D eigenvalue weighted by Gasteiger charge is 2.34. The molecular formula is C15H18BrNO5. The number of benzene rings is 1. The van der Waals surface area contributed by atoms with E-state index in [9.17, 15) is 9.59 Å².